The van der Waals surface area contributed by atoms with Gasteiger partial charge in [0, 0.05) is 37.5 Å². The molecule has 1 aliphatic heterocycles. The number of guanidine groups is 1. The largest absolute Gasteiger partial charge is 0.391 e. The van der Waals surface area contributed by atoms with Crippen molar-refractivity contribution in [1.29, 1.82) is 0 Å². The minimum atomic E-state index is -0.206. The molecule has 2 rings (SSSR count). The molecule has 0 unspecified atom stereocenters. The standard InChI is InChI=1S/C13H20IN3OS/c1-2-15-13(17-8-6-10(18)9-17)16-7-5-11-3-4-12(14)19-11/h3-4,10,18H,2,5-9H2,1H3,(H,15,16)/t10-/m1/s1. The number of aliphatic imine (C=N–C) groups is 1. The Bertz CT molecular complexity index is 435. The molecular weight excluding hydrogens is 373 g/mol. The van der Waals surface area contributed by atoms with Crippen molar-refractivity contribution in [2.24, 2.45) is 4.99 Å². The van der Waals surface area contributed by atoms with Gasteiger partial charge in [-0.3, -0.25) is 4.99 Å². The molecule has 1 aliphatic rings. The predicted molar refractivity (Wildman–Crippen MR) is 88.9 cm³/mol. The van der Waals surface area contributed by atoms with Gasteiger partial charge in [0.15, 0.2) is 5.96 Å². The van der Waals surface area contributed by atoms with Crippen LogP contribution in [0.3, 0.4) is 0 Å². The molecule has 0 spiro atoms. The van der Waals surface area contributed by atoms with Crippen LogP contribution in [0.5, 0.6) is 0 Å². The number of aliphatic hydroxyl groups excluding tert-OH is 1. The lowest BCUT2D eigenvalue weighted by molar-refractivity contribution is 0.188. The Morgan fingerprint density at radius 2 is 2.47 bits per heavy atom. The zero-order chi connectivity index (χ0) is 13.7. The number of hydrogen-bond acceptors (Lipinski definition) is 3. The highest BCUT2D eigenvalue weighted by molar-refractivity contribution is 14.1. The van der Waals surface area contributed by atoms with E-state index >= 15 is 0 Å². The summed E-state index contributed by atoms with van der Waals surface area (Å²) in [6.45, 7) is 5.32. The molecule has 0 saturated carbocycles. The summed E-state index contributed by atoms with van der Waals surface area (Å²) >= 11 is 4.18. The normalized spacial score (nSPS) is 20.1. The van der Waals surface area contributed by atoms with Crippen LogP contribution in [0.4, 0.5) is 0 Å². The van der Waals surface area contributed by atoms with Crippen molar-refractivity contribution in [3.8, 4) is 0 Å². The zero-order valence-corrected chi connectivity index (χ0v) is 14.1. The molecule has 0 aliphatic carbocycles. The molecule has 1 saturated heterocycles. The molecule has 106 valence electrons. The Morgan fingerprint density at radius 3 is 3.05 bits per heavy atom. The molecule has 2 heterocycles. The number of thiophene rings is 1. The number of β-amino-alcohol motifs (C(OH)–C–C–N with tert-alkyl or cyclic N) is 1. The lowest BCUT2D eigenvalue weighted by atomic mass is 10.3. The van der Waals surface area contributed by atoms with E-state index in [1.165, 1.54) is 7.76 Å². The predicted octanol–water partition coefficient (Wildman–Crippen LogP) is 1.93. The highest BCUT2D eigenvalue weighted by atomic mass is 127. The maximum Gasteiger partial charge on any atom is 0.194 e. The third kappa shape index (κ3) is 4.61. The van der Waals surface area contributed by atoms with Crippen LogP contribution in [-0.4, -0.2) is 48.2 Å². The van der Waals surface area contributed by atoms with Gasteiger partial charge in [-0.15, -0.1) is 11.3 Å². The molecule has 0 amide bonds. The summed E-state index contributed by atoms with van der Waals surface area (Å²) in [5.74, 6) is 0.935. The van der Waals surface area contributed by atoms with Gasteiger partial charge in [0.05, 0.1) is 8.99 Å². The second kappa shape index (κ2) is 7.44. The average Bonchev–Trinajstić information content (AvgIpc) is 2.97. The quantitative estimate of drug-likeness (QED) is 0.467. The van der Waals surface area contributed by atoms with Crippen LogP contribution in [0.2, 0.25) is 0 Å². The highest BCUT2D eigenvalue weighted by Crippen LogP contribution is 2.18. The third-order valence-corrected chi connectivity index (χ3v) is 5.00. The number of aliphatic hydroxyl groups is 1. The van der Waals surface area contributed by atoms with Gasteiger partial charge in [-0.1, -0.05) is 0 Å². The number of nitrogens with one attached hydrogen (secondary N) is 1. The highest BCUT2D eigenvalue weighted by Gasteiger charge is 2.22. The summed E-state index contributed by atoms with van der Waals surface area (Å²) in [5.41, 5.74) is 0. The third-order valence-electron chi connectivity index (χ3n) is 3.05. The SMILES string of the molecule is CCNC(=NCCc1ccc(I)s1)N1CC[C@@H](O)C1. The molecule has 19 heavy (non-hydrogen) atoms. The first-order valence-corrected chi connectivity index (χ1v) is 8.54. The molecular formula is C13H20IN3OS. The van der Waals surface area contributed by atoms with Gasteiger partial charge < -0.3 is 15.3 Å². The number of nitrogens with zero attached hydrogens (tertiary/aromatic N) is 2. The number of hydrogen-bond donors (Lipinski definition) is 2. The smallest absolute Gasteiger partial charge is 0.194 e. The van der Waals surface area contributed by atoms with Crippen LogP contribution < -0.4 is 5.32 Å². The number of rotatable bonds is 4. The van der Waals surface area contributed by atoms with E-state index in [4.69, 9.17) is 0 Å². The van der Waals surface area contributed by atoms with Crippen molar-refractivity contribution in [3.05, 3.63) is 19.9 Å². The Labute approximate surface area is 132 Å². The van der Waals surface area contributed by atoms with E-state index in [-0.39, 0.29) is 6.10 Å². The lowest BCUT2D eigenvalue weighted by Crippen LogP contribution is -2.40. The fraction of sp³-hybridized carbons (Fsp3) is 0.615. The lowest BCUT2D eigenvalue weighted by Gasteiger charge is -2.20. The first-order valence-electron chi connectivity index (χ1n) is 6.64. The van der Waals surface area contributed by atoms with E-state index in [1.54, 1.807) is 0 Å². The topological polar surface area (TPSA) is 47.9 Å². The Kier molecular flexibility index (Phi) is 5.90. The van der Waals surface area contributed by atoms with Crippen LogP contribution in [0.25, 0.3) is 0 Å². The van der Waals surface area contributed by atoms with E-state index in [0.717, 1.165) is 38.4 Å². The summed E-state index contributed by atoms with van der Waals surface area (Å²) in [4.78, 5) is 8.18. The molecule has 0 aromatic carbocycles. The average molecular weight is 393 g/mol. The van der Waals surface area contributed by atoms with Crippen molar-refractivity contribution in [2.45, 2.75) is 25.9 Å². The molecule has 4 nitrogen and oxygen atoms in total. The van der Waals surface area contributed by atoms with E-state index in [1.807, 2.05) is 11.3 Å². The van der Waals surface area contributed by atoms with Gasteiger partial charge in [0.25, 0.3) is 0 Å². The minimum absolute atomic E-state index is 0.206. The molecule has 1 atom stereocenters. The molecule has 6 heteroatoms. The number of halogens is 1. The molecule has 1 aromatic heterocycles. The zero-order valence-electron chi connectivity index (χ0n) is 11.1. The van der Waals surface area contributed by atoms with E-state index < -0.39 is 0 Å². The van der Waals surface area contributed by atoms with Gasteiger partial charge in [-0.2, -0.15) is 0 Å². The van der Waals surface area contributed by atoms with Gasteiger partial charge in [0.2, 0.25) is 0 Å². The van der Waals surface area contributed by atoms with Crippen LogP contribution >= 0.6 is 33.9 Å². The molecule has 1 aromatic rings. The van der Waals surface area contributed by atoms with E-state index in [0.29, 0.717) is 6.54 Å². The summed E-state index contributed by atoms with van der Waals surface area (Å²) < 4.78 is 1.33. The van der Waals surface area contributed by atoms with Crippen molar-refractivity contribution in [2.75, 3.05) is 26.2 Å². The van der Waals surface area contributed by atoms with Crippen molar-refractivity contribution >= 4 is 39.9 Å². The fourth-order valence-corrected chi connectivity index (χ4v) is 3.86. The molecule has 2 N–H and O–H groups in total. The first kappa shape index (κ1) is 15.1. The Morgan fingerprint density at radius 1 is 1.63 bits per heavy atom. The minimum Gasteiger partial charge on any atom is -0.391 e. The van der Waals surface area contributed by atoms with Crippen LogP contribution in [0, 0.1) is 2.88 Å². The van der Waals surface area contributed by atoms with Gasteiger partial charge in [-0.25, -0.2) is 0 Å². The van der Waals surface area contributed by atoms with Gasteiger partial charge in [0.1, 0.15) is 0 Å². The monoisotopic (exact) mass is 393 g/mol. The van der Waals surface area contributed by atoms with Crippen LogP contribution in [0.15, 0.2) is 17.1 Å². The number of likely N-dealkylation sites (tertiary alicyclic amines) is 1. The van der Waals surface area contributed by atoms with Gasteiger partial charge in [-0.05, 0) is 48.1 Å². The van der Waals surface area contributed by atoms with E-state index in [2.05, 4.69) is 56.9 Å². The van der Waals surface area contributed by atoms with Crippen molar-refractivity contribution in [1.82, 2.24) is 10.2 Å². The van der Waals surface area contributed by atoms with E-state index in [9.17, 15) is 5.11 Å². The van der Waals surface area contributed by atoms with Crippen molar-refractivity contribution < 1.29 is 5.11 Å². The van der Waals surface area contributed by atoms with Crippen molar-refractivity contribution in [3.63, 3.8) is 0 Å². The van der Waals surface area contributed by atoms with Crippen LogP contribution in [-0.2, 0) is 6.42 Å². The first-order chi connectivity index (χ1) is 9.19. The summed E-state index contributed by atoms with van der Waals surface area (Å²) in [6.07, 6.45) is 1.62. The van der Waals surface area contributed by atoms with Gasteiger partial charge >= 0.3 is 0 Å². The second-order valence-electron chi connectivity index (χ2n) is 4.58. The fourth-order valence-electron chi connectivity index (χ4n) is 2.12. The van der Waals surface area contributed by atoms with Crippen LogP contribution in [0.1, 0.15) is 18.2 Å². The second-order valence-corrected chi connectivity index (χ2v) is 7.64. The summed E-state index contributed by atoms with van der Waals surface area (Å²) in [7, 11) is 0. The maximum atomic E-state index is 9.60. The molecule has 1 fully saturated rings. The summed E-state index contributed by atoms with van der Waals surface area (Å²) in [6, 6.07) is 4.32. The molecule has 0 bridgehead atoms. The Balaban J connectivity index is 1.89. The maximum absolute atomic E-state index is 9.60. The summed E-state index contributed by atoms with van der Waals surface area (Å²) in [5, 5.41) is 12.9. The molecule has 0 radical (unpaired) electrons. The Hall–Kier alpha value is -0.340.